The molecule has 0 bridgehead atoms. The molecule has 25 heavy (non-hydrogen) atoms. The third-order valence-electron chi connectivity index (χ3n) is 8.77. The van der Waals surface area contributed by atoms with Crippen LogP contribution in [0.25, 0.3) is 0 Å². The lowest BCUT2D eigenvalue weighted by Gasteiger charge is -2.55. The molecule has 0 heterocycles. The zero-order chi connectivity index (χ0) is 18.0. The smallest absolute Gasteiger partial charge is 0.133 e. The normalized spacial score (nSPS) is 49.2. The molecule has 0 radical (unpaired) electrons. The summed E-state index contributed by atoms with van der Waals surface area (Å²) < 4.78 is 0. The van der Waals surface area contributed by atoms with Crippen molar-refractivity contribution in [2.75, 3.05) is 0 Å². The summed E-state index contributed by atoms with van der Waals surface area (Å²) in [4.78, 5) is 0. The predicted octanol–water partition coefficient (Wildman–Crippen LogP) is 5.51. The summed E-state index contributed by atoms with van der Waals surface area (Å²) in [5.41, 5.74) is 3.91. The van der Waals surface area contributed by atoms with E-state index in [0.717, 1.165) is 31.6 Å². The molecule has 1 nitrogen and oxygen atoms in total. The summed E-state index contributed by atoms with van der Waals surface area (Å²) in [6, 6.07) is 0. The van der Waals surface area contributed by atoms with Crippen LogP contribution in [0, 0.1) is 47.3 Å². The summed E-state index contributed by atoms with van der Waals surface area (Å²) >= 11 is 0. The Balaban J connectivity index is 1.74. The molecule has 0 spiro atoms. The molecule has 1 heteroatoms. The maximum Gasteiger partial charge on any atom is 0.133 e. The molecule has 2 saturated carbocycles. The molecule has 0 aromatic rings. The third kappa shape index (κ3) is 2.19. The highest BCUT2D eigenvalue weighted by atomic mass is 16.3. The highest BCUT2D eigenvalue weighted by Crippen LogP contribution is 2.67. The summed E-state index contributed by atoms with van der Waals surface area (Å²) in [6.45, 7) is 11.2. The quantitative estimate of drug-likeness (QED) is 0.494. The molecule has 0 saturated heterocycles. The Labute approximate surface area is 154 Å². The van der Waals surface area contributed by atoms with Crippen LogP contribution in [0.4, 0.5) is 0 Å². The van der Waals surface area contributed by atoms with Crippen molar-refractivity contribution in [3.63, 3.8) is 0 Å². The van der Waals surface area contributed by atoms with E-state index in [-0.39, 0.29) is 11.3 Å². The van der Waals surface area contributed by atoms with Crippen LogP contribution in [0.3, 0.4) is 0 Å². The number of rotatable bonds is 1. The van der Waals surface area contributed by atoms with Crippen molar-refractivity contribution in [2.45, 2.75) is 77.7 Å². The number of aliphatic hydroxyl groups is 1. The van der Waals surface area contributed by atoms with E-state index in [0.29, 0.717) is 17.8 Å². The van der Waals surface area contributed by atoms with Gasteiger partial charge in [0.25, 0.3) is 0 Å². The molecule has 136 valence electrons. The molecule has 2 fully saturated rings. The first-order valence-electron chi connectivity index (χ1n) is 10.4. The second-order valence-corrected chi connectivity index (χ2v) is 9.74. The van der Waals surface area contributed by atoms with E-state index >= 15 is 0 Å². The average Bonchev–Trinajstić information content (AvgIpc) is 2.82. The lowest BCUT2D eigenvalue weighted by molar-refractivity contribution is -0.0928. The number of terminal acetylenes is 1. The van der Waals surface area contributed by atoms with E-state index in [9.17, 15) is 5.11 Å². The van der Waals surface area contributed by atoms with E-state index < -0.39 is 5.60 Å². The standard InChI is InChI=1S/C24H34O/c1-6-18-14-21-22-16(4)13-17-12-15(3)8-9-19(17)20(22)10-11-23(21,5)24(18,25)7-2/h2,16,18,20-22,25H,3,6,8-14H2,1,4-5H3/t16-,18+,20-,21+,22-,23+,24-/m1/s1. The van der Waals surface area contributed by atoms with Gasteiger partial charge in [-0.15, -0.1) is 6.42 Å². The van der Waals surface area contributed by atoms with E-state index in [1.54, 1.807) is 11.1 Å². The van der Waals surface area contributed by atoms with Gasteiger partial charge in [0.15, 0.2) is 0 Å². The Bertz CT molecular complexity index is 664. The van der Waals surface area contributed by atoms with Crippen LogP contribution in [0.15, 0.2) is 23.3 Å². The van der Waals surface area contributed by atoms with Crippen molar-refractivity contribution in [1.29, 1.82) is 0 Å². The van der Waals surface area contributed by atoms with Gasteiger partial charge in [-0.3, -0.25) is 0 Å². The van der Waals surface area contributed by atoms with Crippen molar-refractivity contribution >= 4 is 0 Å². The van der Waals surface area contributed by atoms with Gasteiger partial charge < -0.3 is 5.11 Å². The fourth-order valence-electron chi connectivity index (χ4n) is 7.48. The molecule has 4 aliphatic carbocycles. The first-order chi connectivity index (χ1) is 11.9. The van der Waals surface area contributed by atoms with Crippen molar-refractivity contribution in [3.05, 3.63) is 23.3 Å². The lowest BCUT2D eigenvalue weighted by Crippen LogP contribution is -2.53. The van der Waals surface area contributed by atoms with Crippen LogP contribution in [0.2, 0.25) is 0 Å². The molecular weight excluding hydrogens is 304 g/mol. The topological polar surface area (TPSA) is 20.2 Å². The van der Waals surface area contributed by atoms with E-state index in [4.69, 9.17) is 6.42 Å². The van der Waals surface area contributed by atoms with Gasteiger partial charge in [-0.25, -0.2) is 0 Å². The molecule has 4 rings (SSSR count). The highest BCUT2D eigenvalue weighted by molar-refractivity contribution is 5.34. The monoisotopic (exact) mass is 338 g/mol. The Hall–Kier alpha value is -1.00. The van der Waals surface area contributed by atoms with Crippen molar-refractivity contribution in [3.8, 4) is 12.3 Å². The van der Waals surface area contributed by atoms with Crippen molar-refractivity contribution in [2.24, 2.45) is 35.0 Å². The van der Waals surface area contributed by atoms with Gasteiger partial charge >= 0.3 is 0 Å². The van der Waals surface area contributed by atoms with Crippen LogP contribution in [-0.2, 0) is 0 Å². The van der Waals surface area contributed by atoms with Crippen molar-refractivity contribution < 1.29 is 5.11 Å². The van der Waals surface area contributed by atoms with Crippen LogP contribution >= 0.6 is 0 Å². The first-order valence-corrected chi connectivity index (χ1v) is 10.4. The fraction of sp³-hybridized carbons (Fsp3) is 0.750. The van der Waals surface area contributed by atoms with Gasteiger partial charge in [-0.2, -0.15) is 0 Å². The largest absolute Gasteiger partial charge is 0.377 e. The number of allylic oxidation sites excluding steroid dienone is 3. The molecule has 0 aromatic heterocycles. The second kappa shape index (κ2) is 5.75. The van der Waals surface area contributed by atoms with Crippen LogP contribution in [-0.4, -0.2) is 10.7 Å². The Kier molecular flexibility index (Phi) is 4.01. The molecule has 4 aliphatic rings. The zero-order valence-electron chi connectivity index (χ0n) is 16.3. The van der Waals surface area contributed by atoms with Crippen LogP contribution in [0.5, 0.6) is 0 Å². The molecule has 1 N–H and O–H groups in total. The molecule has 0 aromatic carbocycles. The van der Waals surface area contributed by atoms with Gasteiger partial charge in [0, 0.05) is 5.41 Å². The summed E-state index contributed by atoms with van der Waals surface area (Å²) in [5, 5.41) is 11.5. The number of hydrogen-bond donors (Lipinski definition) is 1. The first kappa shape index (κ1) is 17.4. The van der Waals surface area contributed by atoms with Gasteiger partial charge in [-0.1, -0.05) is 50.0 Å². The van der Waals surface area contributed by atoms with Crippen LogP contribution in [0.1, 0.15) is 72.1 Å². The van der Waals surface area contributed by atoms with Crippen LogP contribution < -0.4 is 0 Å². The van der Waals surface area contributed by atoms with E-state index in [1.165, 1.54) is 31.3 Å². The minimum atomic E-state index is -0.910. The zero-order valence-corrected chi connectivity index (χ0v) is 16.3. The Morgan fingerprint density at radius 3 is 2.80 bits per heavy atom. The summed E-state index contributed by atoms with van der Waals surface area (Å²) in [5.74, 6) is 5.88. The minimum absolute atomic E-state index is 0.103. The molecule has 0 unspecified atom stereocenters. The lowest BCUT2D eigenvalue weighted by atomic mass is 9.50. The Morgan fingerprint density at radius 2 is 2.12 bits per heavy atom. The summed E-state index contributed by atoms with van der Waals surface area (Å²) in [7, 11) is 0. The van der Waals surface area contributed by atoms with Gasteiger partial charge in [0.1, 0.15) is 5.60 Å². The molecule has 0 aliphatic heterocycles. The van der Waals surface area contributed by atoms with E-state index in [1.807, 2.05) is 0 Å². The molecule has 0 amide bonds. The highest BCUT2D eigenvalue weighted by Gasteiger charge is 2.65. The second-order valence-electron chi connectivity index (χ2n) is 9.74. The van der Waals surface area contributed by atoms with Gasteiger partial charge in [0.05, 0.1) is 0 Å². The number of hydrogen-bond acceptors (Lipinski definition) is 1. The SMILES string of the molecule is C#C[C@@]1(O)[C@@H](CC)C[C@H]2[C@@H]3[C@H](C)CC4=C(CCC(=C)C4)[C@H]3CC[C@@]21C. The third-order valence-corrected chi connectivity index (χ3v) is 8.77. The van der Waals surface area contributed by atoms with E-state index in [2.05, 4.69) is 33.3 Å². The van der Waals surface area contributed by atoms with Gasteiger partial charge in [0.2, 0.25) is 0 Å². The maximum atomic E-state index is 11.5. The predicted molar refractivity (Wildman–Crippen MR) is 104 cm³/mol. The number of fused-ring (bicyclic) bond motifs is 4. The Morgan fingerprint density at radius 1 is 1.36 bits per heavy atom. The fourth-order valence-corrected chi connectivity index (χ4v) is 7.48. The summed E-state index contributed by atoms with van der Waals surface area (Å²) in [6.07, 6.45) is 15.2. The molecular formula is C24H34O. The minimum Gasteiger partial charge on any atom is -0.377 e. The molecule has 7 atom stereocenters. The maximum absolute atomic E-state index is 11.5. The van der Waals surface area contributed by atoms with Gasteiger partial charge in [-0.05, 0) is 81.0 Å². The van der Waals surface area contributed by atoms with Crippen molar-refractivity contribution in [1.82, 2.24) is 0 Å². The average molecular weight is 339 g/mol.